The smallest absolute Gasteiger partial charge is 0.191 e. The number of aryl methyl sites for hydroxylation is 2. The Morgan fingerprint density at radius 2 is 2.12 bits per heavy atom. The van der Waals surface area contributed by atoms with Crippen LogP contribution in [0.4, 0.5) is 0 Å². The highest BCUT2D eigenvalue weighted by atomic mass is 32.1. The van der Waals surface area contributed by atoms with Crippen LogP contribution in [0.1, 0.15) is 37.3 Å². The molecule has 24 heavy (non-hydrogen) atoms. The molecule has 0 aliphatic rings. The van der Waals surface area contributed by atoms with Gasteiger partial charge >= 0.3 is 0 Å². The first-order valence-electron chi connectivity index (χ1n) is 8.58. The maximum absolute atomic E-state index is 4.62. The molecule has 0 aromatic carbocycles. The van der Waals surface area contributed by atoms with Crippen LogP contribution in [0.15, 0.2) is 16.7 Å². The number of nitrogens with zero attached hydrogens (tertiary/aromatic N) is 5. The van der Waals surface area contributed by atoms with Crippen LogP contribution < -0.4 is 10.6 Å². The van der Waals surface area contributed by atoms with Crippen molar-refractivity contribution in [3.63, 3.8) is 0 Å². The Kier molecular flexibility index (Phi) is 7.67. The van der Waals surface area contributed by atoms with E-state index in [9.17, 15) is 0 Å². The average molecular weight is 350 g/mol. The zero-order valence-corrected chi connectivity index (χ0v) is 15.6. The number of thiazole rings is 1. The van der Waals surface area contributed by atoms with Crippen LogP contribution in [0, 0.1) is 0 Å². The molecular formula is C16H27N7S. The molecule has 0 unspecified atom stereocenters. The number of hydrogen-bond acceptors (Lipinski definition) is 5. The number of aromatic nitrogens is 4. The molecule has 132 valence electrons. The van der Waals surface area contributed by atoms with Crippen molar-refractivity contribution in [3.8, 4) is 0 Å². The highest BCUT2D eigenvalue weighted by Gasteiger charge is 2.03. The van der Waals surface area contributed by atoms with E-state index in [4.69, 9.17) is 0 Å². The first-order valence-corrected chi connectivity index (χ1v) is 9.46. The summed E-state index contributed by atoms with van der Waals surface area (Å²) in [5.41, 5.74) is 1.13. The van der Waals surface area contributed by atoms with Gasteiger partial charge in [0.25, 0.3) is 0 Å². The van der Waals surface area contributed by atoms with Gasteiger partial charge in [-0.3, -0.25) is 4.99 Å². The number of rotatable bonds is 9. The van der Waals surface area contributed by atoms with Gasteiger partial charge < -0.3 is 15.2 Å². The van der Waals surface area contributed by atoms with Crippen molar-refractivity contribution in [3.05, 3.63) is 28.2 Å². The van der Waals surface area contributed by atoms with Gasteiger partial charge in [-0.2, -0.15) is 0 Å². The van der Waals surface area contributed by atoms with Gasteiger partial charge in [-0.1, -0.05) is 13.8 Å². The number of aliphatic imine (C=N–C) groups is 1. The summed E-state index contributed by atoms with van der Waals surface area (Å²) in [6.45, 7) is 9.47. The molecule has 0 spiro atoms. The molecule has 0 aliphatic heterocycles. The molecule has 0 fully saturated rings. The van der Waals surface area contributed by atoms with Gasteiger partial charge in [-0.15, -0.1) is 21.5 Å². The quantitative estimate of drug-likeness (QED) is 0.532. The molecule has 2 aromatic rings. The van der Waals surface area contributed by atoms with Gasteiger partial charge in [0.15, 0.2) is 5.96 Å². The third-order valence-corrected chi connectivity index (χ3v) is 4.58. The van der Waals surface area contributed by atoms with Crippen LogP contribution in [-0.4, -0.2) is 45.3 Å². The molecule has 0 bridgehead atoms. The monoisotopic (exact) mass is 349 g/mol. The topological polar surface area (TPSA) is 80.0 Å². The van der Waals surface area contributed by atoms with Gasteiger partial charge in [-0.25, -0.2) is 4.98 Å². The molecule has 2 aromatic heterocycles. The molecule has 0 aliphatic carbocycles. The van der Waals surface area contributed by atoms with Crippen molar-refractivity contribution < 1.29 is 0 Å². The van der Waals surface area contributed by atoms with Crippen molar-refractivity contribution in [2.24, 2.45) is 4.99 Å². The Morgan fingerprint density at radius 1 is 1.25 bits per heavy atom. The normalized spacial score (nSPS) is 11.7. The van der Waals surface area contributed by atoms with Crippen molar-refractivity contribution in [2.45, 2.75) is 46.6 Å². The molecule has 2 rings (SSSR count). The molecule has 2 N–H and O–H groups in total. The maximum atomic E-state index is 4.62. The van der Waals surface area contributed by atoms with E-state index in [0.29, 0.717) is 0 Å². The van der Waals surface area contributed by atoms with Crippen molar-refractivity contribution in [1.29, 1.82) is 0 Å². The maximum Gasteiger partial charge on any atom is 0.191 e. The third kappa shape index (κ3) is 5.59. The van der Waals surface area contributed by atoms with Crippen LogP contribution in [0.5, 0.6) is 0 Å². The first kappa shape index (κ1) is 18.4. The minimum absolute atomic E-state index is 0.731. The van der Waals surface area contributed by atoms with Crippen LogP contribution in [0.3, 0.4) is 0 Å². The van der Waals surface area contributed by atoms with Gasteiger partial charge in [0.2, 0.25) is 0 Å². The van der Waals surface area contributed by atoms with Gasteiger partial charge in [0.05, 0.1) is 10.7 Å². The Hall–Kier alpha value is -1.96. The summed E-state index contributed by atoms with van der Waals surface area (Å²) in [4.78, 5) is 9.20. The zero-order chi connectivity index (χ0) is 17.2. The fourth-order valence-corrected chi connectivity index (χ4v) is 3.06. The summed E-state index contributed by atoms with van der Waals surface area (Å²) in [6, 6.07) is 0. The number of nitrogens with one attached hydrogen (secondary N) is 2. The molecular weight excluding hydrogens is 322 g/mol. The minimum atomic E-state index is 0.731. The van der Waals surface area contributed by atoms with Crippen LogP contribution in [0.25, 0.3) is 0 Å². The lowest BCUT2D eigenvalue weighted by molar-refractivity contribution is 0.632. The second-order valence-corrected chi connectivity index (χ2v) is 6.26. The van der Waals surface area contributed by atoms with Gasteiger partial charge in [0, 0.05) is 44.4 Å². The summed E-state index contributed by atoms with van der Waals surface area (Å²) < 4.78 is 2.07. The summed E-state index contributed by atoms with van der Waals surface area (Å²) in [7, 11) is 0. The molecule has 8 heteroatoms. The summed E-state index contributed by atoms with van der Waals surface area (Å²) in [5.74, 6) is 1.85. The van der Waals surface area contributed by atoms with E-state index in [2.05, 4.69) is 61.5 Å². The molecule has 0 atom stereocenters. The predicted octanol–water partition coefficient (Wildman–Crippen LogP) is 1.66. The standard InChI is InChI=1S/C16H27N7S/c1-4-14-22-20-12-23(14)10-9-19-16(17-6-3)18-8-7-13-11-24-15(5-2)21-13/h11-12H,4-10H2,1-3H3,(H2,17,18,19). The van der Waals surface area contributed by atoms with Gasteiger partial charge in [-0.05, 0) is 13.3 Å². The molecule has 0 radical (unpaired) electrons. The second kappa shape index (κ2) is 10.0. The highest BCUT2D eigenvalue weighted by Crippen LogP contribution is 2.10. The van der Waals surface area contributed by atoms with E-state index >= 15 is 0 Å². The first-order chi connectivity index (χ1) is 11.8. The van der Waals surface area contributed by atoms with E-state index in [1.807, 2.05) is 0 Å². The lowest BCUT2D eigenvalue weighted by atomic mass is 10.3. The van der Waals surface area contributed by atoms with Crippen LogP contribution in [0.2, 0.25) is 0 Å². The summed E-state index contributed by atoms with van der Waals surface area (Å²) >= 11 is 1.73. The molecule has 0 saturated heterocycles. The Bertz CT molecular complexity index is 632. The largest absolute Gasteiger partial charge is 0.357 e. The predicted molar refractivity (Wildman–Crippen MR) is 98.6 cm³/mol. The molecule has 0 amide bonds. The fourth-order valence-electron chi connectivity index (χ4n) is 2.28. The SMILES string of the molecule is CCNC(=NCCc1csc(CC)n1)NCCn1cnnc1CC. The summed E-state index contributed by atoms with van der Waals surface area (Å²) in [6.07, 6.45) is 4.54. The second-order valence-electron chi connectivity index (χ2n) is 5.32. The lowest BCUT2D eigenvalue weighted by Gasteiger charge is -2.12. The van der Waals surface area contributed by atoms with Crippen molar-refractivity contribution >= 4 is 17.3 Å². The fraction of sp³-hybridized carbons (Fsp3) is 0.625. The van der Waals surface area contributed by atoms with Crippen LogP contribution in [-0.2, 0) is 25.8 Å². The summed E-state index contributed by atoms with van der Waals surface area (Å²) in [5, 5.41) is 18.0. The van der Waals surface area contributed by atoms with E-state index in [-0.39, 0.29) is 0 Å². The van der Waals surface area contributed by atoms with Crippen molar-refractivity contribution in [1.82, 2.24) is 30.4 Å². The highest BCUT2D eigenvalue weighted by molar-refractivity contribution is 7.09. The van der Waals surface area contributed by atoms with E-state index in [1.54, 1.807) is 17.7 Å². The Balaban J connectivity index is 1.79. The zero-order valence-electron chi connectivity index (χ0n) is 14.7. The van der Waals surface area contributed by atoms with E-state index in [0.717, 1.165) is 62.9 Å². The molecule has 0 saturated carbocycles. The number of guanidine groups is 1. The molecule has 7 nitrogen and oxygen atoms in total. The number of hydrogen-bond donors (Lipinski definition) is 2. The van der Waals surface area contributed by atoms with Crippen molar-refractivity contribution in [2.75, 3.05) is 19.6 Å². The van der Waals surface area contributed by atoms with Crippen LogP contribution >= 0.6 is 11.3 Å². The lowest BCUT2D eigenvalue weighted by Crippen LogP contribution is -2.39. The molecule has 2 heterocycles. The third-order valence-electron chi connectivity index (χ3n) is 3.54. The van der Waals surface area contributed by atoms with E-state index in [1.165, 1.54) is 5.01 Å². The minimum Gasteiger partial charge on any atom is -0.357 e. The van der Waals surface area contributed by atoms with E-state index < -0.39 is 0 Å². The Labute approximate surface area is 147 Å². The Morgan fingerprint density at radius 3 is 2.83 bits per heavy atom. The average Bonchev–Trinajstić information content (AvgIpc) is 3.23. The van der Waals surface area contributed by atoms with Gasteiger partial charge in [0.1, 0.15) is 12.2 Å².